The zero-order valence-corrected chi connectivity index (χ0v) is 12.7. The molecule has 2 unspecified atom stereocenters. The van der Waals surface area contributed by atoms with Gasteiger partial charge in [-0.05, 0) is 23.7 Å². The van der Waals surface area contributed by atoms with Crippen LogP contribution in [0, 0.1) is 16.7 Å². The molecular formula is C15H27NO3. The molecule has 0 aromatic heterocycles. The van der Waals surface area contributed by atoms with Crippen LogP contribution < -0.4 is 5.32 Å². The van der Waals surface area contributed by atoms with Crippen LogP contribution in [0.5, 0.6) is 0 Å². The van der Waals surface area contributed by atoms with E-state index in [0.29, 0.717) is 0 Å². The van der Waals surface area contributed by atoms with Crippen LogP contribution in [0.1, 0.15) is 60.3 Å². The Bertz CT molecular complexity index is 355. The molecule has 2 N–H and O–H groups in total. The van der Waals surface area contributed by atoms with Gasteiger partial charge in [-0.3, -0.25) is 9.59 Å². The molecule has 0 radical (unpaired) electrons. The lowest BCUT2D eigenvalue weighted by Crippen LogP contribution is -2.48. The van der Waals surface area contributed by atoms with E-state index in [0.717, 1.165) is 19.3 Å². The fourth-order valence-corrected chi connectivity index (χ4v) is 2.83. The number of carboxylic acids is 1. The van der Waals surface area contributed by atoms with Gasteiger partial charge in [0.2, 0.25) is 5.91 Å². The van der Waals surface area contributed by atoms with Crippen molar-refractivity contribution < 1.29 is 14.7 Å². The van der Waals surface area contributed by atoms with Gasteiger partial charge in [-0.1, -0.05) is 41.0 Å². The predicted octanol–water partition coefficient (Wildman–Crippen LogP) is 2.82. The van der Waals surface area contributed by atoms with Crippen molar-refractivity contribution in [3.63, 3.8) is 0 Å². The second-order valence-corrected chi connectivity index (χ2v) is 7.46. The van der Waals surface area contributed by atoms with Gasteiger partial charge in [0.15, 0.2) is 0 Å². The third-order valence-corrected chi connectivity index (χ3v) is 4.31. The van der Waals surface area contributed by atoms with Gasteiger partial charge in [-0.2, -0.15) is 0 Å². The standard InChI is InChI=1S/C15H27NO3/c1-14(2,3)11(9-12(17)18)16-13(19)10-7-6-8-15(10,4)5/h10-11H,6-9H2,1-5H3,(H,16,19)(H,17,18). The van der Waals surface area contributed by atoms with Gasteiger partial charge in [-0.15, -0.1) is 0 Å². The maximum atomic E-state index is 12.4. The van der Waals surface area contributed by atoms with Crippen molar-refractivity contribution in [1.82, 2.24) is 5.32 Å². The first-order chi connectivity index (χ1) is 8.54. The van der Waals surface area contributed by atoms with E-state index in [1.165, 1.54) is 0 Å². The van der Waals surface area contributed by atoms with Crippen molar-refractivity contribution in [2.75, 3.05) is 0 Å². The highest BCUT2D eigenvalue weighted by molar-refractivity contribution is 5.81. The molecule has 1 saturated carbocycles. The zero-order valence-electron chi connectivity index (χ0n) is 12.7. The van der Waals surface area contributed by atoms with Crippen molar-refractivity contribution >= 4 is 11.9 Å². The van der Waals surface area contributed by atoms with E-state index in [-0.39, 0.29) is 35.1 Å². The molecule has 0 spiro atoms. The highest BCUT2D eigenvalue weighted by Gasteiger charge is 2.41. The van der Waals surface area contributed by atoms with Crippen LogP contribution in [0.15, 0.2) is 0 Å². The fourth-order valence-electron chi connectivity index (χ4n) is 2.83. The number of amides is 1. The lowest BCUT2D eigenvalue weighted by molar-refractivity contribution is -0.139. The number of aliphatic carboxylic acids is 1. The molecule has 1 rings (SSSR count). The first kappa shape index (κ1) is 16.0. The van der Waals surface area contributed by atoms with Gasteiger partial charge in [-0.25, -0.2) is 0 Å². The average Bonchev–Trinajstić information content (AvgIpc) is 2.54. The molecule has 0 heterocycles. The lowest BCUT2D eigenvalue weighted by atomic mass is 9.80. The van der Waals surface area contributed by atoms with Crippen LogP contribution in [-0.2, 0) is 9.59 Å². The average molecular weight is 269 g/mol. The highest BCUT2D eigenvalue weighted by Crippen LogP contribution is 2.42. The molecule has 1 fully saturated rings. The third-order valence-electron chi connectivity index (χ3n) is 4.31. The fraction of sp³-hybridized carbons (Fsp3) is 0.867. The molecule has 0 aromatic carbocycles. The third kappa shape index (κ3) is 4.22. The number of hydrogen-bond acceptors (Lipinski definition) is 2. The molecule has 0 saturated heterocycles. The summed E-state index contributed by atoms with van der Waals surface area (Å²) in [6.07, 6.45) is 3.01. The number of carbonyl (C=O) groups is 2. The van der Waals surface area contributed by atoms with Crippen molar-refractivity contribution in [1.29, 1.82) is 0 Å². The number of carbonyl (C=O) groups excluding carboxylic acids is 1. The molecule has 19 heavy (non-hydrogen) atoms. The van der Waals surface area contributed by atoms with Crippen LogP contribution in [0.2, 0.25) is 0 Å². The number of nitrogens with one attached hydrogen (secondary N) is 1. The summed E-state index contributed by atoms with van der Waals surface area (Å²) in [7, 11) is 0. The van der Waals surface area contributed by atoms with E-state index in [4.69, 9.17) is 5.11 Å². The molecule has 110 valence electrons. The summed E-state index contributed by atoms with van der Waals surface area (Å²) in [6, 6.07) is -0.325. The van der Waals surface area contributed by atoms with Crippen LogP contribution in [0.3, 0.4) is 0 Å². The van der Waals surface area contributed by atoms with Gasteiger partial charge in [0.1, 0.15) is 0 Å². The van der Waals surface area contributed by atoms with Crippen LogP contribution in [-0.4, -0.2) is 23.0 Å². The monoisotopic (exact) mass is 269 g/mol. The van der Waals surface area contributed by atoms with Crippen molar-refractivity contribution in [2.24, 2.45) is 16.7 Å². The van der Waals surface area contributed by atoms with E-state index in [1.54, 1.807) is 0 Å². The molecular weight excluding hydrogens is 242 g/mol. The zero-order chi connectivity index (χ0) is 14.8. The van der Waals surface area contributed by atoms with Gasteiger partial charge < -0.3 is 10.4 Å². The molecule has 1 aliphatic carbocycles. The molecule has 0 bridgehead atoms. The summed E-state index contributed by atoms with van der Waals surface area (Å²) in [4.78, 5) is 23.3. The molecule has 0 aromatic rings. The maximum Gasteiger partial charge on any atom is 0.305 e. The van der Waals surface area contributed by atoms with Gasteiger partial charge in [0.25, 0.3) is 0 Å². The maximum absolute atomic E-state index is 12.4. The first-order valence-corrected chi connectivity index (χ1v) is 7.06. The topological polar surface area (TPSA) is 66.4 Å². The molecule has 2 atom stereocenters. The molecule has 1 aliphatic rings. The molecule has 4 nitrogen and oxygen atoms in total. The SMILES string of the molecule is CC(C)(C)C(CC(=O)O)NC(=O)C1CCCC1(C)C. The van der Waals surface area contributed by atoms with E-state index in [1.807, 2.05) is 20.8 Å². The van der Waals surface area contributed by atoms with Gasteiger partial charge >= 0.3 is 5.97 Å². The minimum Gasteiger partial charge on any atom is -0.481 e. The lowest BCUT2D eigenvalue weighted by Gasteiger charge is -2.33. The smallest absolute Gasteiger partial charge is 0.305 e. The Kier molecular flexibility index (Phi) is 4.64. The molecule has 1 amide bonds. The van der Waals surface area contributed by atoms with E-state index < -0.39 is 5.97 Å². The Hall–Kier alpha value is -1.06. The van der Waals surface area contributed by atoms with Crippen molar-refractivity contribution in [3.05, 3.63) is 0 Å². The van der Waals surface area contributed by atoms with E-state index in [9.17, 15) is 9.59 Å². The Morgan fingerprint density at radius 2 is 1.95 bits per heavy atom. The second-order valence-electron chi connectivity index (χ2n) is 7.46. The van der Waals surface area contributed by atoms with E-state index in [2.05, 4.69) is 19.2 Å². The summed E-state index contributed by atoms with van der Waals surface area (Å²) >= 11 is 0. The Balaban J connectivity index is 2.74. The number of rotatable bonds is 4. The quantitative estimate of drug-likeness (QED) is 0.824. The highest BCUT2D eigenvalue weighted by atomic mass is 16.4. The molecule has 0 aliphatic heterocycles. The minimum atomic E-state index is -0.870. The van der Waals surface area contributed by atoms with Gasteiger partial charge in [0.05, 0.1) is 6.42 Å². The van der Waals surface area contributed by atoms with Crippen LogP contribution in [0.4, 0.5) is 0 Å². The Morgan fingerprint density at radius 3 is 2.32 bits per heavy atom. The summed E-state index contributed by atoms with van der Waals surface area (Å²) in [5.74, 6) is -0.847. The number of carboxylic acid groups (broad SMARTS) is 1. The van der Waals surface area contributed by atoms with Crippen molar-refractivity contribution in [3.8, 4) is 0 Å². The molecule has 4 heteroatoms. The second kappa shape index (κ2) is 5.51. The summed E-state index contributed by atoms with van der Waals surface area (Å²) in [5.41, 5.74) is -0.230. The largest absolute Gasteiger partial charge is 0.481 e. The Morgan fingerprint density at radius 1 is 1.37 bits per heavy atom. The van der Waals surface area contributed by atoms with Crippen LogP contribution in [0.25, 0.3) is 0 Å². The number of hydrogen-bond donors (Lipinski definition) is 2. The normalized spacial score (nSPS) is 23.9. The summed E-state index contributed by atoms with van der Waals surface area (Å²) in [5, 5.41) is 11.9. The summed E-state index contributed by atoms with van der Waals surface area (Å²) < 4.78 is 0. The summed E-state index contributed by atoms with van der Waals surface area (Å²) in [6.45, 7) is 10.1. The predicted molar refractivity (Wildman–Crippen MR) is 74.8 cm³/mol. The van der Waals surface area contributed by atoms with Crippen molar-refractivity contribution in [2.45, 2.75) is 66.3 Å². The van der Waals surface area contributed by atoms with Crippen LogP contribution >= 0.6 is 0 Å². The van der Waals surface area contributed by atoms with E-state index >= 15 is 0 Å². The first-order valence-electron chi connectivity index (χ1n) is 7.06. The minimum absolute atomic E-state index is 0.00569. The Labute approximate surface area is 116 Å². The van der Waals surface area contributed by atoms with Gasteiger partial charge in [0, 0.05) is 12.0 Å².